The number of carbonyl (C=O) groups is 1. The van der Waals surface area contributed by atoms with Gasteiger partial charge in [-0.1, -0.05) is 12.1 Å². The zero-order valence-corrected chi connectivity index (χ0v) is 15.8. The van der Waals surface area contributed by atoms with E-state index in [4.69, 9.17) is 17.0 Å². The summed E-state index contributed by atoms with van der Waals surface area (Å²) in [7, 11) is 1.38. The molecule has 0 radical (unpaired) electrons. The van der Waals surface area contributed by atoms with Gasteiger partial charge < -0.3 is 15.4 Å². The highest BCUT2D eigenvalue weighted by Crippen LogP contribution is 2.33. The van der Waals surface area contributed by atoms with Crippen molar-refractivity contribution in [3.63, 3.8) is 0 Å². The minimum absolute atomic E-state index is 0.360. The first-order chi connectivity index (χ1) is 11.0. The average Bonchev–Trinajstić information content (AvgIpc) is 2.81. The molecule has 0 amide bonds. The number of aryl methyl sites for hydroxylation is 1. The molecule has 0 saturated carbocycles. The average molecular weight is 367 g/mol. The van der Waals surface area contributed by atoms with Gasteiger partial charge in [0.25, 0.3) is 0 Å². The zero-order chi connectivity index (χ0) is 17.0. The Labute approximate surface area is 149 Å². The van der Waals surface area contributed by atoms with Gasteiger partial charge in [-0.25, -0.2) is 4.79 Å². The molecule has 23 heavy (non-hydrogen) atoms. The Balaban J connectivity index is 2.21. The fourth-order valence-corrected chi connectivity index (χ4v) is 3.95. The maximum atomic E-state index is 12.0. The van der Waals surface area contributed by atoms with E-state index in [-0.39, 0.29) is 5.97 Å². The first-order valence-electron chi connectivity index (χ1n) is 6.87. The normalized spacial score (nSPS) is 10.3. The molecule has 2 aromatic rings. The molecule has 0 fully saturated rings. The number of thiophene rings is 1. The molecule has 0 atom stereocenters. The van der Waals surface area contributed by atoms with Gasteiger partial charge >= 0.3 is 5.97 Å². The van der Waals surface area contributed by atoms with Gasteiger partial charge in [0.1, 0.15) is 5.00 Å². The highest BCUT2D eigenvalue weighted by molar-refractivity contribution is 7.98. The van der Waals surface area contributed by atoms with Crippen LogP contribution in [0.3, 0.4) is 0 Å². The number of nitrogens with one attached hydrogen (secondary N) is 2. The number of carbonyl (C=O) groups excluding carboxylic acids is 1. The van der Waals surface area contributed by atoms with Crippen LogP contribution in [-0.4, -0.2) is 24.4 Å². The molecule has 0 spiro atoms. The standard InChI is InChI=1S/C16H18N2O2S3/c1-9-10(2)23-14(13(9)15(19)20-3)18-16(21)17-11-7-5-6-8-12(11)22-4/h5-8H,1-4H3,(H2,17,18,21). The van der Waals surface area contributed by atoms with E-state index in [1.807, 2.05) is 44.4 Å². The predicted molar refractivity (Wildman–Crippen MR) is 103 cm³/mol. The summed E-state index contributed by atoms with van der Waals surface area (Å²) < 4.78 is 4.87. The van der Waals surface area contributed by atoms with E-state index in [0.717, 1.165) is 21.0 Å². The molecule has 1 aromatic carbocycles. The van der Waals surface area contributed by atoms with Crippen molar-refractivity contribution in [3.8, 4) is 0 Å². The van der Waals surface area contributed by atoms with E-state index < -0.39 is 0 Å². The van der Waals surface area contributed by atoms with Crippen molar-refractivity contribution < 1.29 is 9.53 Å². The van der Waals surface area contributed by atoms with Crippen molar-refractivity contribution >= 4 is 57.1 Å². The van der Waals surface area contributed by atoms with Crippen molar-refractivity contribution in [1.29, 1.82) is 0 Å². The monoisotopic (exact) mass is 366 g/mol. The van der Waals surface area contributed by atoms with Gasteiger partial charge in [-0.15, -0.1) is 23.1 Å². The van der Waals surface area contributed by atoms with Gasteiger partial charge in [0.05, 0.1) is 18.4 Å². The fraction of sp³-hybridized carbons (Fsp3) is 0.250. The van der Waals surface area contributed by atoms with E-state index in [1.165, 1.54) is 18.4 Å². The lowest BCUT2D eigenvalue weighted by atomic mass is 10.1. The van der Waals surface area contributed by atoms with Crippen LogP contribution in [0.25, 0.3) is 0 Å². The van der Waals surface area contributed by atoms with Crippen LogP contribution in [0.5, 0.6) is 0 Å². The van der Waals surface area contributed by atoms with Crippen LogP contribution in [-0.2, 0) is 4.74 Å². The molecular formula is C16H18N2O2S3. The summed E-state index contributed by atoms with van der Waals surface area (Å²) in [5.74, 6) is -0.360. The highest BCUT2D eigenvalue weighted by atomic mass is 32.2. The number of benzene rings is 1. The number of thioether (sulfide) groups is 1. The molecule has 122 valence electrons. The van der Waals surface area contributed by atoms with Crippen LogP contribution in [0.4, 0.5) is 10.7 Å². The second-order valence-corrected chi connectivity index (χ2v) is 7.24. The lowest BCUT2D eigenvalue weighted by molar-refractivity contribution is 0.0601. The van der Waals surface area contributed by atoms with Crippen LogP contribution in [0.2, 0.25) is 0 Å². The molecule has 0 aliphatic carbocycles. The Hall–Kier alpha value is -1.57. The molecule has 0 saturated heterocycles. The second-order valence-electron chi connectivity index (χ2n) is 4.76. The minimum atomic E-state index is -0.360. The SMILES string of the molecule is COC(=O)c1c(NC(=S)Nc2ccccc2SC)sc(C)c1C. The van der Waals surface area contributed by atoms with Gasteiger partial charge in [0.15, 0.2) is 5.11 Å². The smallest absolute Gasteiger partial charge is 0.341 e. The van der Waals surface area contributed by atoms with E-state index in [0.29, 0.717) is 15.7 Å². The third-order valence-electron chi connectivity index (χ3n) is 3.36. The fourth-order valence-electron chi connectivity index (χ4n) is 2.07. The van der Waals surface area contributed by atoms with Gasteiger partial charge in [-0.3, -0.25) is 0 Å². The van der Waals surface area contributed by atoms with Crippen LogP contribution in [0, 0.1) is 13.8 Å². The quantitative estimate of drug-likeness (QED) is 0.465. The van der Waals surface area contributed by atoms with E-state index in [9.17, 15) is 4.79 Å². The Morgan fingerprint density at radius 1 is 1.26 bits per heavy atom. The zero-order valence-electron chi connectivity index (χ0n) is 13.4. The number of hydrogen-bond acceptors (Lipinski definition) is 5. The number of thiocarbonyl (C=S) groups is 1. The van der Waals surface area contributed by atoms with Gasteiger partial charge in [-0.2, -0.15) is 0 Å². The molecule has 7 heteroatoms. The first-order valence-corrected chi connectivity index (χ1v) is 9.32. The van der Waals surface area contributed by atoms with Crippen LogP contribution >= 0.6 is 35.3 Å². The largest absolute Gasteiger partial charge is 0.465 e. The molecule has 0 aliphatic heterocycles. The van der Waals surface area contributed by atoms with E-state index in [2.05, 4.69) is 10.6 Å². The van der Waals surface area contributed by atoms with Gasteiger partial charge in [0, 0.05) is 9.77 Å². The summed E-state index contributed by atoms with van der Waals surface area (Å²) in [6, 6.07) is 7.92. The summed E-state index contributed by atoms with van der Waals surface area (Å²) in [5, 5.41) is 7.44. The summed E-state index contributed by atoms with van der Waals surface area (Å²) in [5.41, 5.74) is 2.39. The van der Waals surface area contributed by atoms with E-state index >= 15 is 0 Å². The Bertz CT molecular complexity index is 741. The number of rotatable bonds is 4. The Morgan fingerprint density at radius 2 is 1.96 bits per heavy atom. The molecule has 2 rings (SSSR count). The molecule has 0 aliphatic rings. The Kier molecular flexibility index (Phi) is 6.04. The van der Waals surface area contributed by atoms with Gasteiger partial charge in [0.2, 0.25) is 0 Å². The first kappa shape index (κ1) is 17.8. The molecule has 0 unspecified atom stereocenters. The number of ether oxygens (including phenoxy) is 1. The van der Waals surface area contributed by atoms with Gasteiger partial charge in [-0.05, 0) is 50.0 Å². The number of esters is 1. The summed E-state index contributed by atoms with van der Waals surface area (Å²) >= 11 is 8.51. The molecule has 2 N–H and O–H groups in total. The Morgan fingerprint density at radius 3 is 2.61 bits per heavy atom. The number of anilines is 2. The molecular weight excluding hydrogens is 348 g/mol. The summed E-state index contributed by atoms with van der Waals surface area (Å²) in [6.07, 6.45) is 2.01. The van der Waals surface area contributed by atoms with Crippen molar-refractivity contribution in [2.75, 3.05) is 24.0 Å². The topological polar surface area (TPSA) is 50.4 Å². The summed E-state index contributed by atoms with van der Waals surface area (Å²) in [4.78, 5) is 14.1. The molecule has 4 nitrogen and oxygen atoms in total. The number of para-hydroxylation sites is 1. The highest BCUT2D eigenvalue weighted by Gasteiger charge is 2.20. The van der Waals surface area contributed by atoms with E-state index in [1.54, 1.807) is 11.8 Å². The third kappa shape index (κ3) is 4.04. The van der Waals surface area contributed by atoms with Crippen LogP contribution in [0.15, 0.2) is 29.2 Å². The molecule has 1 heterocycles. The molecule has 1 aromatic heterocycles. The predicted octanol–water partition coefficient (Wildman–Crippen LogP) is 4.68. The maximum absolute atomic E-state index is 12.0. The van der Waals surface area contributed by atoms with Crippen molar-refractivity contribution in [1.82, 2.24) is 0 Å². The van der Waals surface area contributed by atoms with Crippen molar-refractivity contribution in [3.05, 3.63) is 40.3 Å². The minimum Gasteiger partial charge on any atom is -0.465 e. The van der Waals surface area contributed by atoms with Crippen molar-refractivity contribution in [2.24, 2.45) is 0 Å². The second kappa shape index (κ2) is 7.81. The third-order valence-corrected chi connectivity index (χ3v) is 5.48. The summed E-state index contributed by atoms with van der Waals surface area (Å²) in [6.45, 7) is 3.87. The number of methoxy groups -OCH3 is 1. The lowest BCUT2D eigenvalue weighted by Gasteiger charge is -2.13. The maximum Gasteiger partial charge on any atom is 0.341 e. The van der Waals surface area contributed by atoms with Crippen LogP contribution in [0.1, 0.15) is 20.8 Å². The number of hydrogen-bond donors (Lipinski definition) is 2. The molecule has 0 bridgehead atoms. The lowest BCUT2D eigenvalue weighted by Crippen LogP contribution is -2.20. The van der Waals surface area contributed by atoms with Crippen LogP contribution < -0.4 is 10.6 Å². The van der Waals surface area contributed by atoms with Crippen molar-refractivity contribution in [2.45, 2.75) is 18.7 Å².